The number of nitrogens with one attached hydrogen (secondary N) is 1. The van der Waals surface area contributed by atoms with Crippen molar-refractivity contribution < 1.29 is 14.3 Å². The van der Waals surface area contributed by atoms with Crippen LogP contribution in [-0.2, 0) is 9.59 Å². The van der Waals surface area contributed by atoms with E-state index >= 15 is 0 Å². The van der Waals surface area contributed by atoms with E-state index in [2.05, 4.69) is 19.2 Å². The van der Waals surface area contributed by atoms with Crippen molar-refractivity contribution in [2.24, 2.45) is 0 Å². The monoisotopic (exact) mass is 454 g/mol. The van der Waals surface area contributed by atoms with Crippen LogP contribution < -0.4 is 15.0 Å². The summed E-state index contributed by atoms with van der Waals surface area (Å²) in [7, 11) is 0. The third-order valence-electron chi connectivity index (χ3n) is 6.13. The molecule has 0 saturated heterocycles. The number of hydrogen-bond acceptors (Lipinski definition) is 4. The lowest BCUT2D eigenvalue weighted by atomic mass is 10.0. The summed E-state index contributed by atoms with van der Waals surface area (Å²) in [4.78, 5) is 28.5. The van der Waals surface area contributed by atoms with Crippen molar-refractivity contribution in [3.8, 4) is 5.75 Å². The molecule has 3 aromatic rings. The molecular formula is C29H30N2O3. The number of anilines is 2. The van der Waals surface area contributed by atoms with Gasteiger partial charge in [0, 0.05) is 5.69 Å². The summed E-state index contributed by atoms with van der Waals surface area (Å²) in [5.74, 6) is 0.356. The third-order valence-corrected chi connectivity index (χ3v) is 6.13. The maximum atomic E-state index is 13.6. The van der Waals surface area contributed by atoms with Crippen LogP contribution in [0, 0.1) is 13.8 Å². The number of benzene rings is 3. The van der Waals surface area contributed by atoms with Crippen LogP contribution in [0.25, 0.3) is 5.57 Å². The Morgan fingerprint density at radius 2 is 1.53 bits per heavy atom. The van der Waals surface area contributed by atoms with Crippen molar-refractivity contribution >= 4 is 28.8 Å². The fraction of sp³-hybridized carbons (Fsp3) is 0.241. The number of ether oxygens (including phenoxy) is 1. The highest BCUT2D eigenvalue weighted by Crippen LogP contribution is 2.35. The van der Waals surface area contributed by atoms with E-state index in [1.165, 1.54) is 4.90 Å². The standard InChI is InChI=1S/C29H30N2O3/c1-6-34-25-15-10-22(11-16-25)26-27(30-23-12-7-19(4)20(5)17-23)29(33)31(28(26)32)24-13-8-21(9-14-24)18(2)3/h7-18,30H,6H2,1-5H3. The molecule has 0 aromatic heterocycles. The largest absolute Gasteiger partial charge is 0.494 e. The molecule has 3 aromatic carbocycles. The number of carbonyl (C=O) groups is 2. The smallest absolute Gasteiger partial charge is 0.282 e. The van der Waals surface area contributed by atoms with Crippen LogP contribution in [0.5, 0.6) is 5.75 Å². The van der Waals surface area contributed by atoms with Crippen LogP contribution in [0.1, 0.15) is 48.9 Å². The van der Waals surface area contributed by atoms with Crippen LogP contribution in [-0.4, -0.2) is 18.4 Å². The summed E-state index contributed by atoms with van der Waals surface area (Å²) in [5, 5.41) is 3.24. The Morgan fingerprint density at radius 3 is 2.12 bits per heavy atom. The van der Waals surface area contributed by atoms with Gasteiger partial charge in [-0.3, -0.25) is 9.59 Å². The highest BCUT2D eigenvalue weighted by atomic mass is 16.5. The van der Waals surface area contributed by atoms with Gasteiger partial charge in [-0.25, -0.2) is 4.90 Å². The first kappa shape index (κ1) is 23.3. The van der Waals surface area contributed by atoms with Crippen molar-refractivity contribution in [3.63, 3.8) is 0 Å². The van der Waals surface area contributed by atoms with E-state index in [9.17, 15) is 9.59 Å². The van der Waals surface area contributed by atoms with Gasteiger partial charge in [0.15, 0.2) is 0 Å². The second-order valence-electron chi connectivity index (χ2n) is 8.82. The lowest BCUT2D eigenvalue weighted by Crippen LogP contribution is -2.32. The minimum absolute atomic E-state index is 0.269. The fourth-order valence-corrected chi connectivity index (χ4v) is 4.00. The lowest BCUT2D eigenvalue weighted by Gasteiger charge is -2.17. The molecule has 5 nitrogen and oxygen atoms in total. The second-order valence-corrected chi connectivity index (χ2v) is 8.82. The maximum Gasteiger partial charge on any atom is 0.282 e. The van der Waals surface area contributed by atoms with E-state index in [4.69, 9.17) is 4.74 Å². The Morgan fingerprint density at radius 1 is 0.853 bits per heavy atom. The summed E-state index contributed by atoms with van der Waals surface area (Å²) in [5.41, 5.74) is 6.01. The predicted molar refractivity (Wildman–Crippen MR) is 137 cm³/mol. The van der Waals surface area contributed by atoms with Gasteiger partial charge >= 0.3 is 0 Å². The number of nitrogens with zero attached hydrogens (tertiary/aromatic N) is 1. The van der Waals surface area contributed by atoms with Gasteiger partial charge in [-0.15, -0.1) is 0 Å². The van der Waals surface area contributed by atoms with Crippen molar-refractivity contribution in [2.75, 3.05) is 16.8 Å². The zero-order valence-corrected chi connectivity index (χ0v) is 20.3. The molecule has 0 fully saturated rings. The van der Waals surface area contributed by atoms with E-state index in [0.717, 1.165) is 22.4 Å². The van der Waals surface area contributed by atoms with Crippen molar-refractivity contribution in [1.82, 2.24) is 0 Å². The molecule has 0 unspecified atom stereocenters. The fourth-order valence-electron chi connectivity index (χ4n) is 4.00. The average Bonchev–Trinajstić information content (AvgIpc) is 3.06. The van der Waals surface area contributed by atoms with Gasteiger partial charge in [0.05, 0.1) is 17.9 Å². The maximum absolute atomic E-state index is 13.6. The van der Waals surface area contributed by atoms with Crippen LogP contribution in [0.2, 0.25) is 0 Å². The van der Waals surface area contributed by atoms with Crippen LogP contribution >= 0.6 is 0 Å². The summed E-state index contributed by atoms with van der Waals surface area (Å²) in [6.45, 7) is 10.8. The van der Waals surface area contributed by atoms with Crippen LogP contribution in [0.4, 0.5) is 11.4 Å². The molecule has 1 aliphatic rings. The Labute approximate surface area is 201 Å². The zero-order valence-electron chi connectivity index (χ0n) is 20.3. The molecule has 0 bridgehead atoms. The van der Waals surface area contributed by atoms with Gasteiger partial charge in [-0.2, -0.15) is 0 Å². The van der Waals surface area contributed by atoms with Crippen molar-refractivity contribution in [2.45, 2.75) is 40.5 Å². The molecule has 1 aliphatic heterocycles. The normalized spacial score (nSPS) is 13.8. The number of aryl methyl sites for hydroxylation is 2. The Balaban J connectivity index is 1.77. The van der Waals surface area contributed by atoms with Gasteiger partial charge in [0.25, 0.3) is 11.8 Å². The highest BCUT2D eigenvalue weighted by Gasteiger charge is 2.40. The lowest BCUT2D eigenvalue weighted by molar-refractivity contribution is -0.120. The van der Waals surface area contributed by atoms with E-state index in [1.807, 2.05) is 87.5 Å². The summed E-state index contributed by atoms with van der Waals surface area (Å²) >= 11 is 0. The molecule has 0 saturated carbocycles. The summed E-state index contributed by atoms with van der Waals surface area (Å²) in [6, 6.07) is 20.8. The summed E-state index contributed by atoms with van der Waals surface area (Å²) < 4.78 is 5.55. The molecule has 0 spiro atoms. The third kappa shape index (κ3) is 4.46. The number of hydrogen-bond donors (Lipinski definition) is 1. The second kappa shape index (κ2) is 9.56. The molecule has 1 heterocycles. The molecule has 0 aliphatic carbocycles. The van der Waals surface area contributed by atoms with Crippen molar-refractivity contribution in [3.05, 3.63) is 94.7 Å². The SMILES string of the molecule is CCOc1ccc(C2=C(Nc3ccc(C)c(C)c3)C(=O)N(c3ccc(C(C)C)cc3)C2=O)cc1. The van der Waals surface area contributed by atoms with Gasteiger partial charge < -0.3 is 10.1 Å². The van der Waals surface area contributed by atoms with Crippen LogP contribution in [0.3, 0.4) is 0 Å². The molecule has 34 heavy (non-hydrogen) atoms. The number of carbonyl (C=O) groups excluding carboxylic acids is 2. The zero-order chi connectivity index (χ0) is 24.4. The Hall–Kier alpha value is -3.86. The van der Waals surface area contributed by atoms with E-state index < -0.39 is 0 Å². The highest BCUT2D eigenvalue weighted by molar-refractivity contribution is 6.46. The summed E-state index contributed by atoms with van der Waals surface area (Å²) in [6.07, 6.45) is 0. The number of imide groups is 1. The molecule has 174 valence electrons. The van der Waals surface area contributed by atoms with Gasteiger partial charge in [0.1, 0.15) is 11.4 Å². The van der Waals surface area contributed by atoms with E-state index in [0.29, 0.717) is 35.1 Å². The Kier molecular flexibility index (Phi) is 6.55. The minimum Gasteiger partial charge on any atom is -0.494 e. The first-order valence-corrected chi connectivity index (χ1v) is 11.6. The van der Waals surface area contributed by atoms with Gasteiger partial charge in [-0.1, -0.05) is 44.2 Å². The van der Waals surface area contributed by atoms with E-state index in [-0.39, 0.29) is 17.5 Å². The molecule has 2 amide bonds. The van der Waals surface area contributed by atoms with Crippen LogP contribution in [0.15, 0.2) is 72.4 Å². The molecule has 1 N–H and O–H groups in total. The minimum atomic E-state index is -0.371. The first-order chi connectivity index (χ1) is 16.3. The molecule has 0 atom stereocenters. The van der Waals surface area contributed by atoms with Gasteiger partial charge in [0.2, 0.25) is 0 Å². The topological polar surface area (TPSA) is 58.6 Å². The Bertz CT molecular complexity index is 1260. The molecule has 0 radical (unpaired) electrons. The molecular weight excluding hydrogens is 424 g/mol. The average molecular weight is 455 g/mol. The van der Waals surface area contributed by atoms with Crippen molar-refractivity contribution in [1.29, 1.82) is 0 Å². The quantitative estimate of drug-likeness (QED) is 0.431. The molecule has 5 heteroatoms. The number of rotatable bonds is 7. The first-order valence-electron chi connectivity index (χ1n) is 11.6. The molecule has 4 rings (SSSR count). The van der Waals surface area contributed by atoms with E-state index in [1.54, 1.807) is 0 Å². The predicted octanol–water partition coefficient (Wildman–Crippen LogP) is 6.22. The number of amides is 2. The van der Waals surface area contributed by atoms with Gasteiger partial charge in [-0.05, 0) is 85.3 Å².